The lowest BCUT2D eigenvalue weighted by atomic mass is 10.3. The number of benzene rings is 1. The van der Waals surface area contributed by atoms with Gasteiger partial charge in [-0.3, -0.25) is 9.59 Å². The summed E-state index contributed by atoms with van der Waals surface area (Å²) < 4.78 is 0. The molecular weight excluding hydrogens is 299 g/mol. The fraction of sp³-hybridized carbons (Fsp3) is 0.429. The molecule has 0 heterocycles. The number of halogens is 2. The van der Waals surface area contributed by atoms with Crippen molar-refractivity contribution in [3.63, 3.8) is 0 Å². The van der Waals surface area contributed by atoms with Gasteiger partial charge in [-0.2, -0.15) is 0 Å². The molecule has 0 saturated heterocycles. The Balaban J connectivity index is 2.55. The molecule has 1 N–H and O–H groups in total. The predicted octanol–water partition coefficient (Wildman–Crippen LogP) is 3.58. The Kier molecular flexibility index (Phi) is 6.82. The SMILES string of the molecule is CCCN(CCC(=O)Nc1cccc(Cl)c1Cl)C(C)=O. The highest BCUT2D eigenvalue weighted by Crippen LogP contribution is 2.29. The van der Waals surface area contributed by atoms with Gasteiger partial charge in [-0.25, -0.2) is 0 Å². The maximum Gasteiger partial charge on any atom is 0.226 e. The van der Waals surface area contributed by atoms with E-state index in [1.165, 1.54) is 6.92 Å². The van der Waals surface area contributed by atoms with Crippen LogP contribution in [0.3, 0.4) is 0 Å². The third-order valence-corrected chi connectivity index (χ3v) is 3.59. The fourth-order valence-electron chi connectivity index (χ4n) is 1.75. The second-order valence-electron chi connectivity index (χ2n) is 4.41. The second-order valence-corrected chi connectivity index (χ2v) is 5.19. The van der Waals surface area contributed by atoms with Crippen LogP contribution in [-0.4, -0.2) is 29.8 Å². The monoisotopic (exact) mass is 316 g/mol. The molecule has 0 atom stereocenters. The molecule has 6 heteroatoms. The van der Waals surface area contributed by atoms with E-state index in [1.807, 2.05) is 6.92 Å². The van der Waals surface area contributed by atoms with E-state index in [9.17, 15) is 9.59 Å². The first kappa shape index (κ1) is 16.8. The van der Waals surface area contributed by atoms with Crippen molar-refractivity contribution in [2.75, 3.05) is 18.4 Å². The van der Waals surface area contributed by atoms with Crippen LogP contribution >= 0.6 is 23.2 Å². The van der Waals surface area contributed by atoms with Crippen LogP contribution in [0.25, 0.3) is 0 Å². The average Bonchev–Trinajstić information content (AvgIpc) is 2.39. The first-order chi connectivity index (χ1) is 9.45. The summed E-state index contributed by atoms with van der Waals surface area (Å²) in [5, 5.41) is 3.40. The Hall–Kier alpha value is -1.26. The standard InChI is InChI=1S/C14H18Cl2N2O2/c1-3-8-18(10(2)19)9-7-13(20)17-12-6-4-5-11(15)14(12)16/h4-6H,3,7-9H2,1-2H3,(H,17,20). The molecule has 0 radical (unpaired) electrons. The van der Waals surface area contributed by atoms with Crippen LogP contribution in [-0.2, 0) is 9.59 Å². The van der Waals surface area contributed by atoms with Gasteiger partial charge in [-0.1, -0.05) is 36.2 Å². The third kappa shape index (κ3) is 5.02. The molecule has 0 saturated carbocycles. The maximum absolute atomic E-state index is 11.9. The van der Waals surface area contributed by atoms with Crippen molar-refractivity contribution in [3.8, 4) is 0 Å². The number of anilines is 1. The molecule has 2 amide bonds. The number of carbonyl (C=O) groups is 2. The Morgan fingerprint density at radius 3 is 2.55 bits per heavy atom. The van der Waals surface area contributed by atoms with Crippen LogP contribution < -0.4 is 5.32 Å². The number of hydrogen-bond acceptors (Lipinski definition) is 2. The molecule has 0 spiro atoms. The Morgan fingerprint density at radius 1 is 1.25 bits per heavy atom. The van der Waals surface area contributed by atoms with Crippen molar-refractivity contribution in [2.24, 2.45) is 0 Å². The number of carbonyl (C=O) groups excluding carboxylic acids is 2. The minimum Gasteiger partial charge on any atom is -0.342 e. The van der Waals surface area contributed by atoms with Crippen molar-refractivity contribution in [3.05, 3.63) is 28.2 Å². The zero-order chi connectivity index (χ0) is 15.1. The van der Waals surface area contributed by atoms with Gasteiger partial charge in [-0.15, -0.1) is 0 Å². The fourth-order valence-corrected chi connectivity index (χ4v) is 2.09. The Morgan fingerprint density at radius 2 is 1.95 bits per heavy atom. The van der Waals surface area contributed by atoms with Gasteiger partial charge in [0, 0.05) is 26.4 Å². The van der Waals surface area contributed by atoms with Crippen LogP contribution in [0.5, 0.6) is 0 Å². The molecule has 1 aromatic rings. The molecule has 0 fully saturated rings. The van der Waals surface area contributed by atoms with Crippen LogP contribution in [0.2, 0.25) is 10.0 Å². The van der Waals surface area contributed by atoms with E-state index in [0.717, 1.165) is 6.42 Å². The van der Waals surface area contributed by atoms with Crippen LogP contribution in [0.15, 0.2) is 18.2 Å². The normalized spacial score (nSPS) is 10.2. The van der Waals surface area contributed by atoms with E-state index < -0.39 is 0 Å². The number of nitrogens with one attached hydrogen (secondary N) is 1. The summed E-state index contributed by atoms with van der Waals surface area (Å²) in [6.07, 6.45) is 1.09. The van der Waals surface area contributed by atoms with Crippen LogP contribution in [0, 0.1) is 0 Å². The van der Waals surface area contributed by atoms with E-state index in [-0.39, 0.29) is 18.2 Å². The Labute approximate surface area is 129 Å². The van der Waals surface area contributed by atoms with Crippen molar-refractivity contribution in [2.45, 2.75) is 26.7 Å². The van der Waals surface area contributed by atoms with E-state index >= 15 is 0 Å². The molecule has 0 unspecified atom stereocenters. The maximum atomic E-state index is 11.9. The highest BCUT2D eigenvalue weighted by atomic mass is 35.5. The molecular formula is C14H18Cl2N2O2. The zero-order valence-electron chi connectivity index (χ0n) is 11.6. The van der Waals surface area contributed by atoms with E-state index in [4.69, 9.17) is 23.2 Å². The summed E-state index contributed by atoms with van der Waals surface area (Å²) in [5.41, 5.74) is 0.481. The van der Waals surface area contributed by atoms with Crippen molar-refractivity contribution in [1.29, 1.82) is 0 Å². The summed E-state index contributed by atoms with van der Waals surface area (Å²) in [6.45, 7) is 4.54. The third-order valence-electron chi connectivity index (χ3n) is 2.77. The summed E-state index contributed by atoms with van der Waals surface area (Å²) in [7, 11) is 0. The summed E-state index contributed by atoms with van der Waals surface area (Å²) >= 11 is 11.9. The van der Waals surface area contributed by atoms with Gasteiger partial charge in [0.1, 0.15) is 0 Å². The van der Waals surface area contributed by atoms with Crippen LogP contribution in [0.1, 0.15) is 26.7 Å². The largest absolute Gasteiger partial charge is 0.342 e. The van der Waals surface area contributed by atoms with Gasteiger partial charge >= 0.3 is 0 Å². The summed E-state index contributed by atoms with van der Waals surface area (Å²) in [5.74, 6) is -0.225. The van der Waals surface area contributed by atoms with Gasteiger partial charge in [0.15, 0.2) is 0 Å². The second kappa shape index (κ2) is 8.12. The molecule has 20 heavy (non-hydrogen) atoms. The first-order valence-electron chi connectivity index (χ1n) is 6.45. The topological polar surface area (TPSA) is 49.4 Å². The molecule has 110 valence electrons. The molecule has 1 rings (SSSR count). The lowest BCUT2D eigenvalue weighted by Crippen LogP contribution is -2.32. The highest BCUT2D eigenvalue weighted by molar-refractivity contribution is 6.43. The van der Waals surface area contributed by atoms with Gasteiger partial charge in [0.2, 0.25) is 11.8 Å². The van der Waals surface area contributed by atoms with Gasteiger partial charge in [0.05, 0.1) is 15.7 Å². The van der Waals surface area contributed by atoms with E-state index in [1.54, 1.807) is 23.1 Å². The predicted molar refractivity (Wildman–Crippen MR) is 82.3 cm³/mol. The van der Waals surface area contributed by atoms with Crippen molar-refractivity contribution in [1.82, 2.24) is 4.90 Å². The number of rotatable bonds is 6. The number of hydrogen-bond donors (Lipinski definition) is 1. The number of amides is 2. The van der Waals surface area contributed by atoms with Crippen molar-refractivity contribution >= 4 is 40.7 Å². The Bertz CT molecular complexity index is 492. The molecule has 0 aliphatic rings. The number of nitrogens with zero attached hydrogens (tertiary/aromatic N) is 1. The molecule has 0 aliphatic carbocycles. The highest BCUT2D eigenvalue weighted by Gasteiger charge is 2.12. The minimum atomic E-state index is -0.198. The smallest absolute Gasteiger partial charge is 0.226 e. The van der Waals surface area contributed by atoms with E-state index in [0.29, 0.717) is 28.8 Å². The molecule has 0 aromatic heterocycles. The molecule has 1 aromatic carbocycles. The lowest BCUT2D eigenvalue weighted by molar-refractivity contribution is -0.129. The first-order valence-corrected chi connectivity index (χ1v) is 7.20. The van der Waals surface area contributed by atoms with Crippen molar-refractivity contribution < 1.29 is 9.59 Å². The summed E-state index contributed by atoms with van der Waals surface area (Å²) in [6, 6.07) is 5.04. The summed E-state index contributed by atoms with van der Waals surface area (Å²) in [4.78, 5) is 24.9. The van der Waals surface area contributed by atoms with Gasteiger partial charge in [0.25, 0.3) is 0 Å². The molecule has 0 bridgehead atoms. The molecule has 4 nitrogen and oxygen atoms in total. The van der Waals surface area contributed by atoms with E-state index in [2.05, 4.69) is 5.32 Å². The average molecular weight is 317 g/mol. The van der Waals surface area contributed by atoms with Crippen LogP contribution in [0.4, 0.5) is 5.69 Å². The lowest BCUT2D eigenvalue weighted by Gasteiger charge is -2.19. The van der Waals surface area contributed by atoms with Gasteiger partial charge in [-0.05, 0) is 18.6 Å². The quantitative estimate of drug-likeness (QED) is 0.872. The molecule has 0 aliphatic heterocycles. The minimum absolute atomic E-state index is 0.0274. The zero-order valence-corrected chi connectivity index (χ0v) is 13.1. The van der Waals surface area contributed by atoms with Gasteiger partial charge < -0.3 is 10.2 Å².